The average molecular weight is 447 g/mol. The number of nitrogens with one attached hydrogen (secondary N) is 1. The molecule has 174 valence electrons. The maximum Gasteiger partial charge on any atom is 0.471 e. The first-order chi connectivity index (χ1) is 15.1. The highest BCUT2D eigenvalue weighted by Crippen LogP contribution is 2.67. The fourth-order valence-corrected chi connectivity index (χ4v) is 8.19. The molecule has 0 radical (unpaired) electrons. The molecule has 7 atom stereocenters. The van der Waals surface area contributed by atoms with Crippen LogP contribution in [0.25, 0.3) is 5.57 Å². The minimum absolute atomic E-state index is 0.167. The number of hydrogen-bond donors (Lipinski definition) is 1. The van der Waals surface area contributed by atoms with Crippen molar-refractivity contribution in [2.24, 2.45) is 34.5 Å². The zero-order valence-corrected chi connectivity index (χ0v) is 18.9. The number of pyridine rings is 1. The molecule has 3 saturated carbocycles. The lowest BCUT2D eigenvalue weighted by Gasteiger charge is -2.61. The molecule has 0 spiro atoms. The van der Waals surface area contributed by atoms with Crippen LogP contribution < -0.4 is 5.32 Å². The van der Waals surface area contributed by atoms with Crippen LogP contribution in [0.3, 0.4) is 0 Å². The normalized spacial score (nSPS) is 41.2. The van der Waals surface area contributed by atoms with Gasteiger partial charge in [-0.05, 0) is 103 Å². The predicted molar refractivity (Wildman–Crippen MR) is 117 cm³/mol. The first kappa shape index (κ1) is 22.0. The van der Waals surface area contributed by atoms with E-state index in [9.17, 15) is 18.0 Å². The lowest BCUT2D eigenvalue weighted by molar-refractivity contribution is -0.175. The van der Waals surface area contributed by atoms with Crippen LogP contribution in [0, 0.1) is 34.5 Å². The van der Waals surface area contributed by atoms with E-state index in [0.29, 0.717) is 36.5 Å². The van der Waals surface area contributed by atoms with E-state index in [1.807, 2.05) is 18.5 Å². The van der Waals surface area contributed by atoms with Gasteiger partial charge in [0, 0.05) is 18.4 Å². The van der Waals surface area contributed by atoms with E-state index in [4.69, 9.17) is 0 Å². The first-order valence-corrected chi connectivity index (χ1v) is 12.1. The summed E-state index contributed by atoms with van der Waals surface area (Å²) in [5, 5.41) is 2.27. The van der Waals surface area contributed by atoms with Gasteiger partial charge in [0.25, 0.3) is 0 Å². The lowest BCUT2D eigenvalue weighted by Crippen LogP contribution is -2.55. The topological polar surface area (TPSA) is 42.0 Å². The van der Waals surface area contributed by atoms with Crippen molar-refractivity contribution < 1.29 is 18.0 Å². The molecular weight excluding hydrogens is 413 g/mol. The van der Waals surface area contributed by atoms with Crippen molar-refractivity contribution in [3.05, 3.63) is 36.2 Å². The SMILES string of the molecule is C[C@]12CC[C@@H](NC(=O)C(F)(F)F)CC1CCC1C2CC[C@]2(C)C(c3cccnc3)=CCC12. The van der Waals surface area contributed by atoms with Gasteiger partial charge >= 0.3 is 12.1 Å². The molecule has 0 saturated heterocycles. The molecule has 0 aromatic carbocycles. The van der Waals surface area contributed by atoms with Crippen LogP contribution in [0.4, 0.5) is 13.2 Å². The molecule has 1 amide bonds. The van der Waals surface area contributed by atoms with Crippen molar-refractivity contribution >= 4 is 11.5 Å². The minimum Gasteiger partial charge on any atom is -0.346 e. The Morgan fingerprint density at radius 1 is 1.12 bits per heavy atom. The minimum atomic E-state index is -4.80. The molecule has 1 aromatic heterocycles. The number of rotatable bonds is 2. The van der Waals surface area contributed by atoms with Crippen molar-refractivity contribution in [2.75, 3.05) is 0 Å². The Balaban J connectivity index is 1.32. The van der Waals surface area contributed by atoms with E-state index in [1.165, 1.54) is 17.6 Å². The maximum absolute atomic E-state index is 12.7. The van der Waals surface area contributed by atoms with Crippen molar-refractivity contribution in [1.29, 1.82) is 0 Å². The molecule has 1 N–H and O–H groups in total. The summed E-state index contributed by atoms with van der Waals surface area (Å²) in [5.41, 5.74) is 3.06. The Morgan fingerprint density at radius 3 is 2.66 bits per heavy atom. The first-order valence-electron chi connectivity index (χ1n) is 12.1. The Labute approximate surface area is 188 Å². The van der Waals surface area contributed by atoms with Crippen LogP contribution in [-0.4, -0.2) is 23.1 Å². The summed E-state index contributed by atoms with van der Waals surface area (Å²) in [7, 11) is 0. The van der Waals surface area contributed by atoms with Crippen LogP contribution in [-0.2, 0) is 4.79 Å². The molecule has 0 aliphatic heterocycles. The Hall–Kier alpha value is -1.85. The Morgan fingerprint density at radius 2 is 1.94 bits per heavy atom. The van der Waals surface area contributed by atoms with Crippen LogP contribution in [0.2, 0.25) is 0 Å². The maximum atomic E-state index is 12.7. The molecule has 32 heavy (non-hydrogen) atoms. The smallest absolute Gasteiger partial charge is 0.346 e. The van der Waals surface area contributed by atoms with Gasteiger partial charge in [0.05, 0.1) is 0 Å². The number of nitrogens with zero attached hydrogens (tertiary/aromatic N) is 1. The average Bonchev–Trinajstić information content (AvgIpc) is 3.11. The highest BCUT2D eigenvalue weighted by Gasteiger charge is 2.59. The standard InChI is InChI=1S/C26H33F3N2O/c1-24-11-9-18(31-23(32)26(27,28)29)14-17(24)5-6-19-21-8-7-20(16-4-3-13-30-15-16)25(21,2)12-10-22(19)24/h3-4,7,13,15,17-19,21-22H,5-6,8-12,14H2,1-2H3,(H,31,32)/t17?,18-,19?,21?,22?,24+,25-/m1/s1. The number of fused-ring (bicyclic) bond motifs is 5. The Kier molecular flexibility index (Phi) is 5.21. The van der Waals surface area contributed by atoms with Crippen LogP contribution >= 0.6 is 0 Å². The molecule has 4 aliphatic rings. The highest BCUT2D eigenvalue weighted by molar-refractivity contribution is 5.82. The number of carbonyl (C=O) groups excluding carboxylic acids is 1. The number of allylic oxidation sites excluding steroid dienone is 2. The molecular formula is C26H33F3N2O. The molecule has 5 rings (SSSR count). The van der Waals surface area contributed by atoms with E-state index in [2.05, 4.69) is 36.3 Å². The van der Waals surface area contributed by atoms with Gasteiger partial charge in [-0.3, -0.25) is 9.78 Å². The molecule has 4 unspecified atom stereocenters. The van der Waals surface area contributed by atoms with Gasteiger partial charge in [0.15, 0.2) is 0 Å². The molecule has 3 nitrogen and oxygen atoms in total. The Bertz CT molecular complexity index is 913. The van der Waals surface area contributed by atoms with Gasteiger partial charge < -0.3 is 5.32 Å². The summed E-state index contributed by atoms with van der Waals surface area (Å²) < 4.78 is 38.2. The second-order valence-electron chi connectivity index (χ2n) is 11.2. The summed E-state index contributed by atoms with van der Waals surface area (Å²) >= 11 is 0. The van der Waals surface area contributed by atoms with Crippen LogP contribution in [0.1, 0.15) is 70.8 Å². The number of alkyl halides is 3. The van der Waals surface area contributed by atoms with Crippen molar-refractivity contribution in [3.63, 3.8) is 0 Å². The second-order valence-corrected chi connectivity index (χ2v) is 11.2. The van der Waals surface area contributed by atoms with Crippen molar-refractivity contribution in [3.8, 4) is 0 Å². The summed E-state index contributed by atoms with van der Waals surface area (Å²) in [6, 6.07) is 3.84. The van der Waals surface area contributed by atoms with Gasteiger partial charge in [-0.25, -0.2) is 0 Å². The van der Waals surface area contributed by atoms with Crippen molar-refractivity contribution in [1.82, 2.24) is 10.3 Å². The number of carbonyl (C=O) groups is 1. The summed E-state index contributed by atoms with van der Waals surface area (Å²) in [4.78, 5) is 15.8. The fraction of sp³-hybridized carbons (Fsp3) is 0.692. The number of aromatic nitrogens is 1. The molecule has 1 aromatic rings. The second kappa shape index (κ2) is 7.59. The van der Waals surface area contributed by atoms with Gasteiger partial charge in [0.2, 0.25) is 0 Å². The number of halogens is 3. The lowest BCUT2D eigenvalue weighted by atomic mass is 9.44. The molecule has 6 heteroatoms. The summed E-state index contributed by atoms with van der Waals surface area (Å²) in [5.74, 6) is 0.541. The monoisotopic (exact) mass is 446 g/mol. The summed E-state index contributed by atoms with van der Waals surface area (Å²) in [6.45, 7) is 4.83. The quantitative estimate of drug-likeness (QED) is 0.591. The molecule has 1 heterocycles. The number of hydrogen-bond acceptors (Lipinski definition) is 2. The van der Waals surface area contributed by atoms with E-state index in [1.54, 1.807) is 0 Å². The van der Waals surface area contributed by atoms with Gasteiger partial charge in [-0.1, -0.05) is 26.0 Å². The van der Waals surface area contributed by atoms with Gasteiger partial charge in [-0.15, -0.1) is 0 Å². The third kappa shape index (κ3) is 3.40. The third-order valence-corrected chi connectivity index (χ3v) is 9.81. The van der Waals surface area contributed by atoms with E-state index in [-0.39, 0.29) is 16.9 Å². The largest absolute Gasteiger partial charge is 0.471 e. The highest BCUT2D eigenvalue weighted by atomic mass is 19.4. The number of amides is 1. The van der Waals surface area contributed by atoms with E-state index >= 15 is 0 Å². The van der Waals surface area contributed by atoms with E-state index < -0.39 is 12.1 Å². The van der Waals surface area contributed by atoms with Crippen molar-refractivity contribution in [2.45, 2.75) is 77.4 Å². The summed E-state index contributed by atoms with van der Waals surface area (Å²) in [6.07, 6.45) is 9.38. The zero-order chi connectivity index (χ0) is 22.7. The molecule has 3 fully saturated rings. The van der Waals surface area contributed by atoms with Crippen LogP contribution in [0.15, 0.2) is 30.6 Å². The van der Waals surface area contributed by atoms with Crippen LogP contribution in [0.5, 0.6) is 0 Å². The fourth-order valence-electron chi connectivity index (χ4n) is 8.19. The van der Waals surface area contributed by atoms with E-state index in [0.717, 1.165) is 32.1 Å². The zero-order valence-electron chi connectivity index (χ0n) is 18.9. The molecule has 4 aliphatic carbocycles. The third-order valence-electron chi connectivity index (χ3n) is 9.81. The molecule has 0 bridgehead atoms. The predicted octanol–water partition coefficient (Wildman–Crippen LogP) is 6.16. The van der Waals surface area contributed by atoms with Gasteiger partial charge in [0.1, 0.15) is 0 Å². The van der Waals surface area contributed by atoms with Gasteiger partial charge in [-0.2, -0.15) is 13.2 Å².